The first-order valence-electron chi connectivity index (χ1n) is 5.27. The summed E-state index contributed by atoms with van der Waals surface area (Å²) in [6.07, 6.45) is -1.32. The van der Waals surface area contributed by atoms with Crippen LogP contribution in [-0.2, 0) is 9.59 Å². The molecule has 2 atom stereocenters. The quantitative estimate of drug-likeness (QED) is 0.702. The smallest absolute Gasteiger partial charge is 0.329 e. The third-order valence-electron chi connectivity index (χ3n) is 2.40. The SMILES string of the molecule is COc1ccc([C@@H](O)[C@@H](NC(C)=O)C(=O)O)cc1. The van der Waals surface area contributed by atoms with Gasteiger partial charge in [-0.3, -0.25) is 4.79 Å². The van der Waals surface area contributed by atoms with Crippen LogP contribution in [0.1, 0.15) is 18.6 Å². The van der Waals surface area contributed by atoms with Gasteiger partial charge in [-0.05, 0) is 17.7 Å². The maximum Gasteiger partial charge on any atom is 0.329 e. The second kappa shape index (κ2) is 6.02. The van der Waals surface area contributed by atoms with Crippen LogP contribution in [0.25, 0.3) is 0 Å². The molecule has 0 spiro atoms. The highest BCUT2D eigenvalue weighted by Gasteiger charge is 2.28. The van der Waals surface area contributed by atoms with E-state index in [9.17, 15) is 14.7 Å². The van der Waals surface area contributed by atoms with Gasteiger partial charge in [0, 0.05) is 6.92 Å². The number of carbonyl (C=O) groups is 2. The van der Waals surface area contributed by atoms with Crippen LogP contribution < -0.4 is 10.1 Å². The molecule has 3 N–H and O–H groups in total. The summed E-state index contributed by atoms with van der Waals surface area (Å²) in [6, 6.07) is 4.91. The number of rotatable bonds is 5. The molecule has 6 nitrogen and oxygen atoms in total. The van der Waals surface area contributed by atoms with Crippen LogP contribution in [-0.4, -0.2) is 35.2 Å². The molecule has 18 heavy (non-hydrogen) atoms. The number of carboxylic acids is 1. The molecular weight excluding hydrogens is 238 g/mol. The molecule has 1 amide bonds. The molecule has 0 saturated heterocycles. The third kappa shape index (κ3) is 3.46. The van der Waals surface area contributed by atoms with Gasteiger partial charge < -0.3 is 20.3 Å². The van der Waals surface area contributed by atoms with E-state index in [2.05, 4.69) is 5.32 Å². The Balaban J connectivity index is 2.90. The lowest BCUT2D eigenvalue weighted by Gasteiger charge is -2.20. The number of carbonyl (C=O) groups excluding carboxylic acids is 1. The highest BCUT2D eigenvalue weighted by atomic mass is 16.5. The Kier molecular flexibility index (Phi) is 4.67. The lowest BCUT2D eigenvalue weighted by molar-refractivity contribution is -0.145. The van der Waals surface area contributed by atoms with E-state index in [1.165, 1.54) is 14.0 Å². The fraction of sp³-hybridized carbons (Fsp3) is 0.333. The molecule has 0 aromatic heterocycles. The summed E-state index contributed by atoms with van der Waals surface area (Å²) in [5.41, 5.74) is 0.386. The third-order valence-corrected chi connectivity index (χ3v) is 2.40. The number of amides is 1. The Morgan fingerprint density at radius 3 is 2.22 bits per heavy atom. The van der Waals surface area contributed by atoms with Gasteiger partial charge in [0.1, 0.15) is 11.9 Å². The first-order valence-corrected chi connectivity index (χ1v) is 5.27. The van der Waals surface area contributed by atoms with Gasteiger partial charge in [-0.2, -0.15) is 0 Å². The van der Waals surface area contributed by atoms with Crippen LogP contribution in [0.4, 0.5) is 0 Å². The van der Waals surface area contributed by atoms with Crippen molar-refractivity contribution >= 4 is 11.9 Å². The van der Waals surface area contributed by atoms with E-state index in [4.69, 9.17) is 9.84 Å². The first-order chi connectivity index (χ1) is 8.45. The van der Waals surface area contributed by atoms with E-state index in [-0.39, 0.29) is 0 Å². The maximum absolute atomic E-state index is 11.0. The summed E-state index contributed by atoms with van der Waals surface area (Å²) in [6.45, 7) is 1.19. The standard InChI is InChI=1S/C12H15NO5/c1-7(14)13-10(12(16)17)11(15)8-3-5-9(18-2)6-4-8/h3-6,10-11,15H,1-2H3,(H,13,14)(H,16,17)/t10-,11-/m1/s1. The normalized spacial score (nSPS) is 13.5. The maximum atomic E-state index is 11.0. The van der Waals surface area contributed by atoms with Gasteiger partial charge >= 0.3 is 5.97 Å². The van der Waals surface area contributed by atoms with Crippen LogP contribution in [0.15, 0.2) is 24.3 Å². The van der Waals surface area contributed by atoms with Crippen LogP contribution in [0, 0.1) is 0 Å². The molecule has 1 aromatic rings. The van der Waals surface area contributed by atoms with Crippen molar-refractivity contribution in [2.24, 2.45) is 0 Å². The predicted molar refractivity (Wildman–Crippen MR) is 63.2 cm³/mol. The zero-order chi connectivity index (χ0) is 13.7. The molecule has 0 radical (unpaired) electrons. The van der Waals surface area contributed by atoms with Crippen molar-refractivity contribution in [2.45, 2.75) is 19.1 Å². The second-order valence-electron chi connectivity index (χ2n) is 3.73. The number of carboxylic acid groups (broad SMARTS) is 1. The Morgan fingerprint density at radius 1 is 1.28 bits per heavy atom. The number of methoxy groups -OCH3 is 1. The van der Waals surface area contributed by atoms with Crippen molar-refractivity contribution in [3.05, 3.63) is 29.8 Å². The van der Waals surface area contributed by atoms with E-state index < -0.39 is 24.0 Å². The topological polar surface area (TPSA) is 95.9 Å². The lowest BCUT2D eigenvalue weighted by Crippen LogP contribution is -2.44. The van der Waals surface area contributed by atoms with Crippen molar-refractivity contribution in [1.82, 2.24) is 5.32 Å². The number of ether oxygens (including phenoxy) is 1. The number of hydrogen-bond donors (Lipinski definition) is 3. The van der Waals surface area contributed by atoms with E-state index >= 15 is 0 Å². The lowest BCUT2D eigenvalue weighted by atomic mass is 10.0. The molecule has 0 saturated carbocycles. The Morgan fingerprint density at radius 2 is 1.83 bits per heavy atom. The Labute approximate surface area is 104 Å². The fourth-order valence-corrected chi connectivity index (χ4v) is 1.49. The van der Waals surface area contributed by atoms with E-state index in [1.54, 1.807) is 24.3 Å². The summed E-state index contributed by atoms with van der Waals surface area (Å²) in [5, 5.41) is 21.1. The average Bonchev–Trinajstić information content (AvgIpc) is 2.34. The van der Waals surface area contributed by atoms with Gasteiger partial charge in [0.05, 0.1) is 7.11 Å². The van der Waals surface area contributed by atoms with Gasteiger partial charge in [0.15, 0.2) is 6.04 Å². The molecule has 0 heterocycles. The molecule has 1 aromatic carbocycles. The van der Waals surface area contributed by atoms with Gasteiger partial charge in [-0.1, -0.05) is 12.1 Å². The minimum Gasteiger partial charge on any atom is -0.497 e. The molecule has 0 aliphatic rings. The minimum absolute atomic E-state index is 0.386. The Hall–Kier alpha value is -2.08. The zero-order valence-corrected chi connectivity index (χ0v) is 10.1. The van der Waals surface area contributed by atoms with Crippen molar-refractivity contribution < 1.29 is 24.5 Å². The van der Waals surface area contributed by atoms with Gasteiger partial charge in [-0.15, -0.1) is 0 Å². The van der Waals surface area contributed by atoms with Crippen molar-refractivity contribution in [3.8, 4) is 5.75 Å². The van der Waals surface area contributed by atoms with Crippen LogP contribution in [0.2, 0.25) is 0 Å². The van der Waals surface area contributed by atoms with E-state index in [0.29, 0.717) is 11.3 Å². The highest BCUT2D eigenvalue weighted by Crippen LogP contribution is 2.20. The minimum atomic E-state index is -1.38. The zero-order valence-electron chi connectivity index (χ0n) is 10.1. The monoisotopic (exact) mass is 253 g/mol. The molecular formula is C12H15NO5. The number of aliphatic carboxylic acids is 1. The van der Waals surface area contributed by atoms with Crippen molar-refractivity contribution in [3.63, 3.8) is 0 Å². The number of benzene rings is 1. The summed E-state index contributed by atoms with van der Waals surface area (Å²) in [5.74, 6) is -1.22. The van der Waals surface area contributed by atoms with Gasteiger partial charge in [0.25, 0.3) is 0 Å². The summed E-state index contributed by atoms with van der Waals surface area (Å²) >= 11 is 0. The molecule has 6 heteroatoms. The van der Waals surface area contributed by atoms with Crippen molar-refractivity contribution in [1.29, 1.82) is 0 Å². The average molecular weight is 253 g/mol. The molecule has 0 aliphatic carbocycles. The van der Waals surface area contributed by atoms with Crippen LogP contribution >= 0.6 is 0 Å². The molecule has 0 fully saturated rings. The molecule has 0 unspecified atom stereocenters. The van der Waals surface area contributed by atoms with E-state index in [0.717, 1.165) is 0 Å². The van der Waals surface area contributed by atoms with Crippen molar-refractivity contribution in [2.75, 3.05) is 7.11 Å². The van der Waals surface area contributed by atoms with Gasteiger partial charge in [-0.25, -0.2) is 4.79 Å². The predicted octanol–water partition coefficient (Wildman–Crippen LogP) is 0.318. The fourth-order valence-electron chi connectivity index (χ4n) is 1.49. The molecule has 1 rings (SSSR count). The highest BCUT2D eigenvalue weighted by molar-refractivity contribution is 5.82. The first kappa shape index (κ1) is 14.0. The number of hydrogen-bond acceptors (Lipinski definition) is 4. The number of aliphatic hydroxyl groups excluding tert-OH is 1. The summed E-state index contributed by atoms with van der Waals surface area (Å²) < 4.78 is 4.95. The number of nitrogens with one attached hydrogen (secondary N) is 1. The Bertz CT molecular complexity index is 429. The van der Waals surface area contributed by atoms with Crippen LogP contribution in [0.5, 0.6) is 5.75 Å². The summed E-state index contributed by atoms with van der Waals surface area (Å²) in [7, 11) is 1.50. The molecule has 0 bridgehead atoms. The van der Waals surface area contributed by atoms with E-state index in [1.807, 2.05) is 0 Å². The second-order valence-corrected chi connectivity index (χ2v) is 3.73. The van der Waals surface area contributed by atoms with Gasteiger partial charge in [0.2, 0.25) is 5.91 Å². The van der Waals surface area contributed by atoms with Crippen LogP contribution in [0.3, 0.4) is 0 Å². The molecule has 98 valence electrons. The summed E-state index contributed by atoms with van der Waals surface area (Å²) in [4.78, 5) is 21.9. The number of aliphatic hydroxyl groups is 1. The largest absolute Gasteiger partial charge is 0.497 e. The molecule has 0 aliphatic heterocycles.